The average Bonchev–Trinajstić information content (AvgIpc) is 2.35. The normalized spacial score (nSPS) is 19.2. The molecule has 1 fully saturated rings. The monoisotopic (exact) mass is 250 g/mol. The SMILES string of the molecule is Cc1ccc(SC(C)N2CCNCC2)cc1C. The van der Waals surface area contributed by atoms with E-state index < -0.39 is 0 Å². The summed E-state index contributed by atoms with van der Waals surface area (Å²) in [5.41, 5.74) is 2.77. The Morgan fingerprint density at radius 1 is 1.18 bits per heavy atom. The van der Waals surface area contributed by atoms with Crippen LogP contribution in [0.1, 0.15) is 18.1 Å². The van der Waals surface area contributed by atoms with Crippen molar-refractivity contribution >= 4 is 11.8 Å². The van der Waals surface area contributed by atoms with E-state index in [1.54, 1.807) is 0 Å². The Balaban J connectivity index is 1.96. The highest BCUT2D eigenvalue weighted by Crippen LogP contribution is 2.27. The molecule has 1 aliphatic heterocycles. The van der Waals surface area contributed by atoms with E-state index in [2.05, 4.69) is 49.2 Å². The molecule has 1 heterocycles. The lowest BCUT2D eigenvalue weighted by atomic mass is 10.1. The summed E-state index contributed by atoms with van der Waals surface area (Å²) in [5, 5.41) is 3.97. The molecule has 1 aromatic carbocycles. The summed E-state index contributed by atoms with van der Waals surface area (Å²) in [6, 6.07) is 6.77. The predicted molar refractivity (Wildman–Crippen MR) is 75.7 cm³/mol. The summed E-state index contributed by atoms with van der Waals surface area (Å²) in [6.07, 6.45) is 0. The minimum atomic E-state index is 0.569. The van der Waals surface area contributed by atoms with Gasteiger partial charge in [-0.15, -0.1) is 11.8 Å². The first-order valence-corrected chi connectivity index (χ1v) is 7.23. The van der Waals surface area contributed by atoms with E-state index in [1.807, 2.05) is 11.8 Å². The lowest BCUT2D eigenvalue weighted by molar-refractivity contribution is 0.234. The van der Waals surface area contributed by atoms with Gasteiger partial charge < -0.3 is 5.32 Å². The van der Waals surface area contributed by atoms with Crippen LogP contribution in [0.5, 0.6) is 0 Å². The lowest BCUT2D eigenvalue weighted by Gasteiger charge is -2.32. The van der Waals surface area contributed by atoms with Gasteiger partial charge in [0.2, 0.25) is 0 Å². The predicted octanol–water partition coefficient (Wildman–Crippen LogP) is 2.65. The van der Waals surface area contributed by atoms with Gasteiger partial charge in [0, 0.05) is 31.1 Å². The zero-order valence-electron chi connectivity index (χ0n) is 11.0. The van der Waals surface area contributed by atoms with E-state index in [0.717, 1.165) is 13.1 Å². The smallest absolute Gasteiger partial charge is 0.0576 e. The molecule has 1 atom stereocenters. The molecule has 1 aliphatic rings. The van der Waals surface area contributed by atoms with E-state index in [1.165, 1.54) is 29.1 Å². The Kier molecular flexibility index (Phi) is 4.48. The first kappa shape index (κ1) is 12.9. The van der Waals surface area contributed by atoms with Crippen molar-refractivity contribution in [2.75, 3.05) is 26.2 Å². The molecule has 0 radical (unpaired) electrons. The van der Waals surface area contributed by atoms with Crippen molar-refractivity contribution in [3.63, 3.8) is 0 Å². The number of nitrogens with zero attached hydrogens (tertiary/aromatic N) is 1. The van der Waals surface area contributed by atoms with Crippen molar-refractivity contribution in [2.45, 2.75) is 31.0 Å². The van der Waals surface area contributed by atoms with Crippen LogP contribution in [0.25, 0.3) is 0 Å². The van der Waals surface area contributed by atoms with Gasteiger partial charge in [0.15, 0.2) is 0 Å². The van der Waals surface area contributed by atoms with Gasteiger partial charge in [-0.25, -0.2) is 0 Å². The van der Waals surface area contributed by atoms with Crippen LogP contribution in [0.2, 0.25) is 0 Å². The maximum Gasteiger partial charge on any atom is 0.0576 e. The topological polar surface area (TPSA) is 15.3 Å². The summed E-state index contributed by atoms with van der Waals surface area (Å²) in [5.74, 6) is 0. The number of nitrogens with one attached hydrogen (secondary N) is 1. The molecular formula is C14H22N2S. The van der Waals surface area contributed by atoms with E-state index in [0.29, 0.717) is 5.37 Å². The summed E-state index contributed by atoms with van der Waals surface area (Å²) < 4.78 is 0. The van der Waals surface area contributed by atoms with Gasteiger partial charge in [-0.05, 0) is 44.0 Å². The van der Waals surface area contributed by atoms with Crippen molar-refractivity contribution in [2.24, 2.45) is 0 Å². The molecule has 0 bridgehead atoms. The second-order valence-electron chi connectivity index (χ2n) is 4.75. The third kappa shape index (κ3) is 3.47. The Bertz CT molecular complexity index is 372. The number of aryl methyl sites for hydroxylation is 2. The van der Waals surface area contributed by atoms with Crippen LogP contribution >= 0.6 is 11.8 Å². The van der Waals surface area contributed by atoms with Gasteiger partial charge in [0.25, 0.3) is 0 Å². The van der Waals surface area contributed by atoms with E-state index in [9.17, 15) is 0 Å². The summed E-state index contributed by atoms with van der Waals surface area (Å²) in [6.45, 7) is 11.2. The van der Waals surface area contributed by atoms with Crippen molar-refractivity contribution in [1.82, 2.24) is 10.2 Å². The number of rotatable bonds is 3. The molecule has 0 saturated carbocycles. The van der Waals surface area contributed by atoms with Crippen LogP contribution in [-0.2, 0) is 0 Å². The Hall–Kier alpha value is -0.510. The molecule has 2 rings (SSSR count). The van der Waals surface area contributed by atoms with E-state index in [-0.39, 0.29) is 0 Å². The standard InChI is InChI=1S/C14H22N2S/c1-11-4-5-14(10-12(11)2)17-13(3)16-8-6-15-7-9-16/h4-5,10,13,15H,6-9H2,1-3H3. The zero-order chi connectivity index (χ0) is 12.3. The fourth-order valence-corrected chi connectivity index (χ4v) is 3.25. The second-order valence-corrected chi connectivity index (χ2v) is 6.14. The summed E-state index contributed by atoms with van der Waals surface area (Å²) in [7, 11) is 0. The summed E-state index contributed by atoms with van der Waals surface area (Å²) in [4.78, 5) is 3.94. The highest BCUT2D eigenvalue weighted by molar-refractivity contribution is 7.99. The quantitative estimate of drug-likeness (QED) is 0.830. The van der Waals surface area contributed by atoms with Crippen LogP contribution in [0, 0.1) is 13.8 Å². The fraction of sp³-hybridized carbons (Fsp3) is 0.571. The highest BCUT2D eigenvalue weighted by Gasteiger charge is 2.17. The largest absolute Gasteiger partial charge is 0.314 e. The van der Waals surface area contributed by atoms with E-state index in [4.69, 9.17) is 0 Å². The van der Waals surface area contributed by atoms with Crippen LogP contribution in [-0.4, -0.2) is 36.5 Å². The molecule has 1 N–H and O–H groups in total. The third-order valence-electron chi connectivity index (χ3n) is 3.45. The molecule has 0 spiro atoms. The molecule has 1 saturated heterocycles. The first-order chi connectivity index (χ1) is 8.16. The average molecular weight is 250 g/mol. The van der Waals surface area contributed by atoms with Crippen LogP contribution in [0.15, 0.2) is 23.1 Å². The molecular weight excluding hydrogens is 228 g/mol. The number of hydrogen-bond donors (Lipinski definition) is 1. The van der Waals surface area contributed by atoms with Gasteiger partial charge in [-0.1, -0.05) is 6.07 Å². The second kappa shape index (κ2) is 5.89. The van der Waals surface area contributed by atoms with Crippen LogP contribution in [0.4, 0.5) is 0 Å². The number of piperazine rings is 1. The number of benzene rings is 1. The van der Waals surface area contributed by atoms with Gasteiger partial charge >= 0.3 is 0 Å². The maximum absolute atomic E-state index is 3.40. The lowest BCUT2D eigenvalue weighted by Crippen LogP contribution is -2.46. The van der Waals surface area contributed by atoms with Crippen LogP contribution < -0.4 is 5.32 Å². The Labute approximate surface area is 109 Å². The van der Waals surface area contributed by atoms with E-state index >= 15 is 0 Å². The fourth-order valence-electron chi connectivity index (χ4n) is 2.10. The van der Waals surface area contributed by atoms with Crippen molar-refractivity contribution in [1.29, 1.82) is 0 Å². The third-order valence-corrected chi connectivity index (χ3v) is 4.62. The van der Waals surface area contributed by atoms with Crippen molar-refractivity contribution < 1.29 is 0 Å². The molecule has 17 heavy (non-hydrogen) atoms. The zero-order valence-corrected chi connectivity index (χ0v) is 11.8. The summed E-state index contributed by atoms with van der Waals surface area (Å²) >= 11 is 1.97. The van der Waals surface area contributed by atoms with Gasteiger partial charge in [0.1, 0.15) is 0 Å². The van der Waals surface area contributed by atoms with Gasteiger partial charge in [0.05, 0.1) is 5.37 Å². The minimum absolute atomic E-state index is 0.569. The molecule has 0 aromatic heterocycles. The highest BCUT2D eigenvalue weighted by atomic mass is 32.2. The Morgan fingerprint density at radius 2 is 1.88 bits per heavy atom. The molecule has 3 heteroatoms. The number of thioether (sulfide) groups is 1. The van der Waals surface area contributed by atoms with Gasteiger partial charge in [-0.3, -0.25) is 4.90 Å². The number of hydrogen-bond acceptors (Lipinski definition) is 3. The van der Waals surface area contributed by atoms with Gasteiger partial charge in [-0.2, -0.15) is 0 Å². The first-order valence-electron chi connectivity index (χ1n) is 6.35. The maximum atomic E-state index is 3.40. The molecule has 2 nitrogen and oxygen atoms in total. The molecule has 0 aliphatic carbocycles. The minimum Gasteiger partial charge on any atom is -0.314 e. The molecule has 0 amide bonds. The van der Waals surface area contributed by atoms with Crippen molar-refractivity contribution in [3.05, 3.63) is 29.3 Å². The van der Waals surface area contributed by atoms with Crippen molar-refractivity contribution in [3.8, 4) is 0 Å². The molecule has 94 valence electrons. The Morgan fingerprint density at radius 3 is 2.53 bits per heavy atom. The molecule has 1 aromatic rings. The molecule has 1 unspecified atom stereocenters. The van der Waals surface area contributed by atoms with Crippen LogP contribution in [0.3, 0.4) is 0 Å².